The van der Waals surface area contributed by atoms with Crippen LogP contribution in [0.15, 0.2) is 48.5 Å². The van der Waals surface area contributed by atoms with Crippen molar-refractivity contribution in [2.24, 2.45) is 11.7 Å². The van der Waals surface area contributed by atoms with Crippen molar-refractivity contribution in [3.8, 4) is 17.2 Å². The number of primary amides is 1. The van der Waals surface area contributed by atoms with Crippen LogP contribution >= 0.6 is 0 Å². The molecule has 0 aromatic heterocycles. The minimum absolute atomic E-state index is 0.0121. The van der Waals surface area contributed by atoms with Crippen molar-refractivity contribution in [3.05, 3.63) is 54.1 Å². The summed E-state index contributed by atoms with van der Waals surface area (Å²) in [5, 5.41) is 2.98. The fraction of sp³-hybridized carbons (Fsp3) is 0.417. The monoisotopic (exact) mass is 439 g/mol. The molecule has 0 saturated carbocycles. The van der Waals surface area contributed by atoms with E-state index in [0.29, 0.717) is 62.9 Å². The summed E-state index contributed by atoms with van der Waals surface area (Å²) in [7, 11) is 0. The van der Waals surface area contributed by atoms with Crippen LogP contribution in [-0.2, 0) is 16.2 Å². The predicted octanol–water partition coefficient (Wildman–Crippen LogP) is 1.72. The zero-order valence-corrected chi connectivity index (χ0v) is 18.0. The summed E-state index contributed by atoms with van der Waals surface area (Å²) in [6.07, 6.45) is 1.16. The van der Waals surface area contributed by atoms with Gasteiger partial charge in [-0.3, -0.25) is 14.5 Å². The highest BCUT2D eigenvalue weighted by atomic mass is 16.6. The molecule has 1 fully saturated rings. The summed E-state index contributed by atoms with van der Waals surface area (Å²) in [6, 6.07) is 15.5. The van der Waals surface area contributed by atoms with Crippen LogP contribution in [0, 0.1) is 5.92 Å². The van der Waals surface area contributed by atoms with Crippen molar-refractivity contribution in [3.63, 3.8) is 0 Å². The number of carbonyl (C=O) groups is 2. The number of nitrogens with two attached hydrogens (primary N) is 1. The maximum absolute atomic E-state index is 12.6. The predicted molar refractivity (Wildman–Crippen MR) is 118 cm³/mol. The van der Waals surface area contributed by atoms with E-state index in [1.165, 1.54) is 0 Å². The lowest BCUT2D eigenvalue weighted by Gasteiger charge is -2.31. The lowest BCUT2D eigenvalue weighted by Crippen LogP contribution is -2.46. The molecular weight excluding hydrogens is 410 g/mol. The number of nitrogens with zero attached hydrogens (tertiary/aromatic N) is 1. The van der Waals surface area contributed by atoms with Crippen molar-refractivity contribution in [2.45, 2.75) is 25.6 Å². The van der Waals surface area contributed by atoms with Crippen LogP contribution in [-0.4, -0.2) is 55.6 Å². The molecule has 8 nitrogen and oxygen atoms in total. The lowest BCUT2D eigenvalue weighted by atomic mass is 9.96. The Hall–Kier alpha value is -3.26. The van der Waals surface area contributed by atoms with Crippen molar-refractivity contribution < 1.29 is 23.8 Å². The Morgan fingerprint density at radius 3 is 2.62 bits per heavy atom. The van der Waals surface area contributed by atoms with Crippen LogP contribution in [0.2, 0.25) is 0 Å². The van der Waals surface area contributed by atoms with Gasteiger partial charge in [0.1, 0.15) is 25.1 Å². The SMILES string of the molecule is NC(=O)CN1CCC(C(=O)NC[C@@H]2COc3ccc(OCc4ccccc4)cc3O2)CC1. The van der Waals surface area contributed by atoms with Gasteiger partial charge in [-0.05, 0) is 43.6 Å². The second kappa shape index (κ2) is 10.4. The first-order valence-corrected chi connectivity index (χ1v) is 11.0. The molecule has 1 atom stereocenters. The molecule has 32 heavy (non-hydrogen) atoms. The third-order valence-corrected chi connectivity index (χ3v) is 5.72. The number of likely N-dealkylation sites (tertiary alicyclic amines) is 1. The molecule has 2 heterocycles. The minimum Gasteiger partial charge on any atom is -0.489 e. The van der Waals surface area contributed by atoms with E-state index in [9.17, 15) is 9.59 Å². The maximum atomic E-state index is 12.6. The molecule has 2 aliphatic rings. The Morgan fingerprint density at radius 1 is 1.09 bits per heavy atom. The number of carbonyl (C=O) groups excluding carboxylic acids is 2. The number of nitrogens with one attached hydrogen (secondary N) is 1. The van der Waals surface area contributed by atoms with Crippen LogP contribution in [0.5, 0.6) is 17.2 Å². The number of amides is 2. The van der Waals surface area contributed by atoms with Gasteiger partial charge in [-0.2, -0.15) is 0 Å². The second-order valence-corrected chi connectivity index (χ2v) is 8.20. The van der Waals surface area contributed by atoms with E-state index in [2.05, 4.69) is 5.32 Å². The van der Waals surface area contributed by atoms with Crippen LogP contribution in [0.25, 0.3) is 0 Å². The number of fused-ring (bicyclic) bond motifs is 1. The number of hydrogen-bond donors (Lipinski definition) is 2. The van der Waals surface area contributed by atoms with E-state index in [0.717, 1.165) is 5.56 Å². The van der Waals surface area contributed by atoms with Crippen LogP contribution < -0.4 is 25.3 Å². The Kier molecular flexibility index (Phi) is 7.11. The van der Waals surface area contributed by atoms with E-state index in [1.54, 1.807) is 0 Å². The summed E-state index contributed by atoms with van der Waals surface area (Å²) in [5.74, 6) is 1.59. The van der Waals surface area contributed by atoms with Gasteiger partial charge in [-0.1, -0.05) is 30.3 Å². The zero-order valence-electron chi connectivity index (χ0n) is 18.0. The molecule has 3 N–H and O–H groups in total. The lowest BCUT2D eigenvalue weighted by molar-refractivity contribution is -0.127. The average Bonchev–Trinajstić information content (AvgIpc) is 2.81. The van der Waals surface area contributed by atoms with Gasteiger partial charge < -0.3 is 25.3 Å². The molecule has 8 heteroatoms. The van der Waals surface area contributed by atoms with Crippen molar-refractivity contribution >= 4 is 11.8 Å². The molecule has 170 valence electrons. The normalized spacial score (nSPS) is 18.7. The van der Waals surface area contributed by atoms with Gasteiger partial charge in [0.15, 0.2) is 11.5 Å². The van der Waals surface area contributed by atoms with E-state index < -0.39 is 0 Å². The molecule has 0 bridgehead atoms. The average molecular weight is 440 g/mol. The third-order valence-electron chi connectivity index (χ3n) is 5.72. The summed E-state index contributed by atoms with van der Waals surface area (Å²) < 4.78 is 17.7. The van der Waals surface area contributed by atoms with E-state index in [4.69, 9.17) is 19.9 Å². The number of hydrogen-bond acceptors (Lipinski definition) is 6. The van der Waals surface area contributed by atoms with Crippen molar-refractivity contribution in [1.82, 2.24) is 10.2 Å². The molecule has 0 aliphatic carbocycles. The summed E-state index contributed by atoms with van der Waals surface area (Å²) in [4.78, 5) is 25.6. The van der Waals surface area contributed by atoms with Gasteiger partial charge in [0.05, 0.1) is 13.1 Å². The maximum Gasteiger partial charge on any atom is 0.231 e. The molecule has 2 amide bonds. The first-order valence-electron chi connectivity index (χ1n) is 11.0. The Labute approximate surface area is 187 Å². The first kappa shape index (κ1) is 22.0. The molecule has 2 aliphatic heterocycles. The highest BCUT2D eigenvalue weighted by Crippen LogP contribution is 2.35. The molecule has 2 aromatic carbocycles. The van der Waals surface area contributed by atoms with Crippen molar-refractivity contribution in [1.29, 1.82) is 0 Å². The summed E-state index contributed by atoms with van der Waals surface area (Å²) >= 11 is 0. The van der Waals surface area contributed by atoms with Gasteiger partial charge in [0.25, 0.3) is 0 Å². The number of piperidine rings is 1. The number of benzene rings is 2. The largest absolute Gasteiger partial charge is 0.489 e. The standard InChI is InChI=1S/C24H29N3O5/c25-23(28)14-27-10-8-18(9-11-27)24(29)26-13-20-16-31-21-7-6-19(12-22(21)32-20)30-15-17-4-2-1-3-5-17/h1-7,12,18,20H,8-11,13-16H2,(H2,25,28)(H,26,29)/t20-/m1/s1. The second-order valence-electron chi connectivity index (χ2n) is 8.20. The molecular formula is C24H29N3O5. The Morgan fingerprint density at radius 2 is 1.88 bits per heavy atom. The van der Waals surface area contributed by atoms with Gasteiger partial charge in [-0.15, -0.1) is 0 Å². The van der Waals surface area contributed by atoms with Crippen molar-refractivity contribution in [2.75, 3.05) is 32.8 Å². The summed E-state index contributed by atoms with van der Waals surface area (Å²) in [5.41, 5.74) is 6.33. The molecule has 4 rings (SSSR count). The number of rotatable bonds is 8. The topological polar surface area (TPSA) is 103 Å². The molecule has 2 aromatic rings. The smallest absolute Gasteiger partial charge is 0.231 e. The van der Waals surface area contributed by atoms with Crippen LogP contribution in [0.4, 0.5) is 0 Å². The minimum atomic E-state index is -0.337. The summed E-state index contributed by atoms with van der Waals surface area (Å²) in [6.45, 7) is 2.85. The van der Waals surface area contributed by atoms with E-state index in [-0.39, 0.29) is 30.4 Å². The van der Waals surface area contributed by atoms with Gasteiger partial charge in [0, 0.05) is 12.0 Å². The third kappa shape index (κ3) is 5.91. The Bertz CT molecular complexity index is 928. The zero-order chi connectivity index (χ0) is 22.3. The molecule has 0 radical (unpaired) electrons. The van der Waals surface area contributed by atoms with Gasteiger partial charge in [0.2, 0.25) is 11.8 Å². The number of ether oxygens (including phenoxy) is 3. The van der Waals surface area contributed by atoms with Crippen LogP contribution in [0.1, 0.15) is 18.4 Å². The van der Waals surface area contributed by atoms with E-state index >= 15 is 0 Å². The fourth-order valence-corrected chi connectivity index (χ4v) is 3.96. The van der Waals surface area contributed by atoms with Crippen LogP contribution in [0.3, 0.4) is 0 Å². The van der Waals surface area contributed by atoms with E-state index in [1.807, 2.05) is 53.4 Å². The highest BCUT2D eigenvalue weighted by molar-refractivity contribution is 5.79. The fourth-order valence-electron chi connectivity index (χ4n) is 3.96. The molecule has 1 saturated heterocycles. The quantitative estimate of drug-likeness (QED) is 0.649. The highest BCUT2D eigenvalue weighted by Gasteiger charge is 2.27. The molecule has 0 unspecified atom stereocenters. The Balaban J connectivity index is 1.24. The first-order chi connectivity index (χ1) is 15.6. The van der Waals surface area contributed by atoms with Gasteiger partial charge >= 0.3 is 0 Å². The van der Waals surface area contributed by atoms with Gasteiger partial charge in [-0.25, -0.2) is 0 Å². The molecule has 0 spiro atoms.